The summed E-state index contributed by atoms with van der Waals surface area (Å²) in [5, 5.41) is 0. The van der Waals surface area contributed by atoms with E-state index in [-0.39, 0.29) is 5.91 Å². The van der Waals surface area contributed by atoms with Gasteiger partial charge in [0.2, 0.25) is 5.91 Å². The molecule has 196 valence electrons. The minimum absolute atomic E-state index is 0.141. The van der Waals surface area contributed by atoms with Gasteiger partial charge in [-0.1, -0.05) is 72.8 Å². The Labute approximate surface area is 221 Å². The molecule has 0 radical (unpaired) electrons. The molecule has 1 amide bonds. The van der Waals surface area contributed by atoms with Crippen LogP contribution in [0.3, 0.4) is 0 Å². The van der Waals surface area contributed by atoms with Crippen molar-refractivity contribution in [2.24, 2.45) is 0 Å². The van der Waals surface area contributed by atoms with E-state index in [1.165, 1.54) is 11.3 Å². The molecule has 1 unspecified atom stereocenters. The first-order valence-electron chi connectivity index (χ1n) is 13.0. The molecule has 3 aromatic rings. The SMILES string of the molecule is COC.COCN1Cc2ccccc2C(CCN2CCN(c3ccccc3)CC2)(c2ccccc2)C1=O. The summed E-state index contributed by atoms with van der Waals surface area (Å²) in [6, 6.07) is 29.4. The van der Waals surface area contributed by atoms with Gasteiger partial charge in [-0.05, 0) is 41.8 Å². The molecule has 2 heterocycles. The highest BCUT2D eigenvalue weighted by molar-refractivity contribution is 5.94. The Hall–Kier alpha value is -3.19. The van der Waals surface area contributed by atoms with E-state index >= 15 is 0 Å². The quantitative estimate of drug-likeness (QED) is 0.480. The predicted octanol–water partition coefficient (Wildman–Crippen LogP) is 4.39. The number of nitrogens with zero attached hydrogens (tertiary/aromatic N) is 3. The number of methoxy groups -OCH3 is 2. The monoisotopic (exact) mass is 501 g/mol. The van der Waals surface area contributed by atoms with Crippen LogP contribution in [-0.2, 0) is 26.2 Å². The zero-order chi connectivity index (χ0) is 26.1. The number of fused-ring (bicyclic) bond motifs is 1. The highest BCUT2D eigenvalue weighted by Crippen LogP contribution is 2.43. The Morgan fingerprint density at radius 2 is 1.38 bits per heavy atom. The average molecular weight is 502 g/mol. The number of piperazine rings is 1. The molecule has 0 saturated carbocycles. The minimum atomic E-state index is -0.703. The number of amides is 1. The van der Waals surface area contributed by atoms with Gasteiger partial charge in [-0.15, -0.1) is 0 Å². The average Bonchev–Trinajstić information content (AvgIpc) is 2.95. The molecule has 2 aliphatic rings. The second kappa shape index (κ2) is 12.9. The highest BCUT2D eigenvalue weighted by atomic mass is 16.5. The number of rotatable bonds is 7. The number of anilines is 1. The third kappa shape index (κ3) is 5.87. The van der Waals surface area contributed by atoms with E-state index in [1.807, 2.05) is 23.1 Å². The predicted molar refractivity (Wildman–Crippen MR) is 149 cm³/mol. The molecule has 6 nitrogen and oxygen atoms in total. The molecule has 1 saturated heterocycles. The second-order valence-electron chi connectivity index (χ2n) is 9.67. The summed E-state index contributed by atoms with van der Waals surface area (Å²) in [6.07, 6.45) is 0.748. The smallest absolute Gasteiger partial charge is 0.239 e. The summed E-state index contributed by atoms with van der Waals surface area (Å²) in [5.41, 5.74) is 4.00. The summed E-state index contributed by atoms with van der Waals surface area (Å²) >= 11 is 0. The first-order valence-corrected chi connectivity index (χ1v) is 13.0. The van der Waals surface area contributed by atoms with Crippen LogP contribution in [0.15, 0.2) is 84.9 Å². The van der Waals surface area contributed by atoms with Crippen LogP contribution in [0, 0.1) is 0 Å². The van der Waals surface area contributed by atoms with E-state index in [0.717, 1.165) is 50.3 Å². The maximum Gasteiger partial charge on any atom is 0.239 e. The number of para-hydroxylation sites is 1. The standard InChI is InChI=1S/C29H33N3O2.C2H6O/c1-34-23-32-22-24-10-8-9-15-27(24)29(28(32)33,25-11-4-2-5-12-25)16-17-30-18-20-31(21-19-30)26-13-6-3-7-14-26;1-3-2/h2-15H,16-23H2,1H3;1-2H3. The van der Waals surface area contributed by atoms with Crippen molar-refractivity contribution in [3.05, 3.63) is 102 Å². The van der Waals surface area contributed by atoms with Crippen molar-refractivity contribution in [1.82, 2.24) is 9.80 Å². The first-order chi connectivity index (χ1) is 18.1. The maximum absolute atomic E-state index is 14.1. The van der Waals surface area contributed by atoms with Crippen molar-refractivity contribution in [2.75, 3.05) is 65.7 Å². The maximum atomic E-state index is 14.1. The molecule has 5 rings (SSSR count). The number of benzene rings is 3. The van der Waals surface area contributed by atoms with Gasteiger partial charge in [0.05, 0.1) is 0 Å². The molecule has 1 fully saturated rings. The summed E-state index contributed by atoms with van der Waals surface area (Å²) in [7, 11) is 4.91. The molecular formula is C31H39N3O3. The van der Waals surface area contributed by atoms with Crippen LogP contribution in [0.4, 0.5) is 5.69 Å². The number of hydrogen-bond donors (Lipinski definition) is 0. The van der Waals surface area contributed by atoms with Gasteiger partial charge < -0.3 is 19.3 Å². The highest BCUT2D eigenvalue weighted by Gasteiger charge is 2.48. The Bertz CT molecular complexity index is 1120. The molecule has 6 heteroatoms. The van der Waals surface area contributed by atoms with Crippen LogP contribution in [0.25, 0.3) is 0 Å². The minimum Gasteiger partial charge on any atom is -0.388 e. The van der Waals surface area contributed by atoms with Crippen molar-refractivity contribution in [3.63, 3.8) is 0 Å². The second-order valence-corrected chi connectivity index (χ2v) is 9.67. The molecule has 3 aromatic carbocycles. The normalized spacial score (nSPS) is 19.7. The molecule has 0 spiro atoms. The Morgan fingerprint density at radius 3 is 2.03 bits per heavy atom. The molecular weight excluding hydrogens is 462 g/mol. The van der Waals surface area contributed by atoms with Gasteiger partial charge in [-0.25, -0.2) is 0 Å². The fourth-order valence-corrected chi connectivity index (χ4v) is 5.58. The van der Waals surface area contributed by atoms with E-state index < -0.39 is 5.41 Å². The van der Waals surface area contributed by atoms with E-state index in [1.54, 1.807) is 21.3 Å². The van der Waals surface area contributed by atoms with E-state index in [2.05, 4.69) is 81.3 Å². The third-order valence-electron chi connectivity index (χ3n) is 7.34. The van der Waals surface area contributed by atoms with Crippen LogP contribution in [0.1, 0.15) is 23.1 Å². The van der Waals surface area contributed by atoms with Gasteiger partial charge in [0, 0.05) is 59.7 Å². The van der Waals surface area contributed by atoms with E-state index in [4.69, 9.17) is 4.74 Å². The fraction of sp³-hybridized carbons (Fsp3) is 0.387. The van der Waals surface area contributed by atoms with Gasteiger partial charge in [-0.2, -0.15) is 0 Å². The van der Waals surface area contributed by atoms with Gasteiger partial charge in [0.15, 0.2) is 0 Å². The third-order valence-corrected chi connectivity index (χ3v) is 7.34. The van der Waals surface area contributed by atoms with E-state index in [9.17, 15) is 4.79 Å². The molecule has 1 atom stereocenters. The van der Waals surface area contributed by atoms with Crippen LogP contribution in [-0.4, -0.2) is 76.5 Å². The topological polar surface area (TPSA) is 45.3 Å². The van der Waals surface area contributed by atoms with Gasteiger partial charge in [0.1, 0.15) is 12.1 Å². The lowest BCUT2D eigenvalue weighted by Gasteiger charge is -2.45. The summed E-state index contributed by atoms with van der Waals surface area (Å²) in [6.45, 7) is 5.77. The molecule has 2 aliphatic heterocycles. The van der Waals surface area contributed by atoms with Crippen molar-refractivity contribution in [3.8, 4) is 0 Å². The van der Waals surface area contributed by atoms with Gasteiger partial charge in [-0.3, -0.25) is 9.69 Å². The molecule has 37 heavy (non-hydrogen) atoms. The number of carbonyl (C=O) groups excluding carboxylic acids is 1. The Morgan fingerprint density at radius 1 is 0.784 bits per heavy atom. The molecule has 0 aromatic heterocycles. The van der Waals surface area contributed by atoms with Crippen molar-refractivity contribution in [2.45, 2.75) is 18.4 Å². The summed E-state index contributed by atoms with van der Waals surface area (Å²) in [4.78, 5) is 21.0. The fourth-order valence-electron chi connectivity index (χ4n) is 5.58. The summed E-state index contributed by atoms with van der Waals surface area (Å²) in [5.74, 6) is 0.141. The Kier molecular flexibility index (Phi) is 9.34. The van der Waals surface area contributed by atoms with Crippen LogP contribution in [0.2, 0.25) is 0 Å². The molecule has 0 aliphatic carbocycles. The largest absolute Gasteiger partial charge is 0.388 e. The lowest BCUT2D eigenvalue weighted by molar-refractivity contribution is -0.143. The zero-order valence-corrected chi connectivity index (χ0v) is 22.3. The number of hydrogen-bond acceptors (Lipinski definition) is 5. The number of carbonyl (C=O) groups is 1. The van der Waals surface area contributed by atoms with Crippen molar-refractivity contribution in [1.29, 1.82) is 0 Å². The lowest BCUT2D eigenvalue weighted by Crippen LogP contribution is -2.54. The zero-order valence-electron chi connectivity index (χ0n) is 22.3. The first kappa shape index (κ1) is 26.9. The van der Waals surface area contributed by atoms with Crippen molar-refractivity contribution >= 4 is 11.6 Å². The van der Waals surface area contributed by atoms with Crippen molar-refractivity contribution < 1.29 is 14.3 Å². The van der Waals surface area contributed by atoms with Crippen LogP contribution in [0.5, 0.6) is 0 Å². The summed E-state index contributed by atoms with van der Waals surface area (Å²) < 4.78 is 9.68. The molecule has 0 N–H and O–H groups in total. The molecule has 0 bridgehead atoms. The number of ether oxygens (including phenoxy) is 2. The Balaban J connectivity index is 0.00000102. The van der Waals surface area contributed by atoms with Gasteiger partial charge >= 0.3 is 0 Å². The van der Waals surface area contributed by atoms with E-state index in [0.29, 0.717) is 13.3 Å². The lowest BCUT2D eigenvalue weighted by atomic mass is 9.67. The van der Waals surface area contributed by atoms with Crippen LogP contribution >= 0.6 is 0 Å². The van der Waals surface area contributed by atoms with Crippen LogP contribution < -0.4 is 4.90 Å². The van der Waals surface area contributed by atoms with Gasteiger partial charge in [0.25, 0.3) is 0 Å².